The molecule has 0 aliphatic rings. The van der Waals surface area contributed by atoms with Crippen molar-refractivity contribution < 1.29 is 9.57 Å². The first-order valence-electron chi connectivity index (χ1n) is 2.89. The van der Waals surface area contributed by atoms with Crippen molar-refractivity contribution in [3.05, 3.63) is 0 Å². The molecule has 3 heteroatoms. The van der Waals surface area contributed by atoms with Gasteiger partial charge in [-0.3, -0.25) is 0 Å². The van der Waals surface area contributed by atoms with Crippen LogP contribution in [0.3, 0.4) is 0 Å². The van der Waals surface area contributed by atoms with Gasteiger partial charge in [-0.15, -0.1) is 0 Å². The summed E-state index contributed by atoms with van der Waals surface area (Å²) in [7, 11) is 1.63. The molecule has 54 valence electrons. The lowest BCUT2D eigenvalue weighted by molar-refractivity contribution is 0.0749. The molecule has 9 heavy (non-hydrogen) atoms. The second-order valence-electron chi connectivity index (χ2n) is 1.86. The lowest BCUT2D eigenvalue weighted by Crippen LogP contribution is -1.98. The van der Waals surface area contributed by atoms with Crippen LogP contribution >= 0.6 is 0 Å². The van der Waals surface area contributed by atoms with Crippen LogP contribution in [0.4, 0.5) is 0 Å². The molecule has 0 aliphatic heterocycles. The number of rotatable bonds is 4. The standard InChI is InChI=1S/C6H13NO2/c1-6(2)7-9-5-4-8-3/h4-5H2,1-3H3. The molecule has 0 heterocycles. The van der Waals surface area contributed by atoms with Gasteiger partial charge >= 0.3 is 0 Å². The van der Waals surface area contributed by atoms with Gasteiger partial charge in [-0.1, -0.05) is 5.16 Å². The molecular formula is C6H13NO2. The quantitative estimate of drug-likeness (QED) is 0.324. The summed E-state index contributed by atoms with van der Waals surface area (Å²) in [6.45, 7) is 4.89. The van der Waals surface area contributed by atoms with Crippen molar-refractivity contribution >= 4 is 5.71 Å². The van der Waals surface area contributed by atoms with E-state index in [1.807, 2.05) is 13.8 Å². The van der Waals surface area contributed by atoms with Crippen LogP contribution < -0.4 is 0 Å². The van der Waals surface area contributed by atoms with Gasteiger partial charge in [0, 0.05) is 7.11 Å². The van der Waals surface area contributed by atoms with Crippen molar-refractivity contribution in [2.24, 2.45) is 5.16 Å². The van der Waals surface area contributed by atoms with Crippen molar-refractivity contribution in [2.75, 3.05) is 20.3 Å². The van der Waals surface area contributed by atoms with Gasteiger partial charge in [-0.2, -0.15) is 0 Å². The van der Waals surface area contributed by atoms with Gasteiger partial charge in [0.2, 0.25) is 0 Å². The second kappa shape index (κ2) is 5.56. The first-order valence-corrected chi connectivity index (χ1v) is 2.89. The van der Waals surface area contributed by atoms with Crippen molar-refractivity contribution in [2.45, 2.75) is 13.8 Å². The van der Waals surface area contributed by atoms with Crippen LogP contribution in [-0.4, -0.2) is 26.0 Å². The summed E-state index contributed by atoms with van der Waals surface area (Å²) in [5.41, 5.74) is 0.922. The molecule has 0 aromatic heterocycles. The monoisotopic (exact) mass is 131 g/mol. The van der Waals surface area contributed by atoms with Gasteiger partial charge in [-0.05, 0) is 13.8 Å². The van der Waals surface area contributed by atoms with Gasteiger partial charge in [0.15, 0.2) is 0 Å². The van der Waals surface area contributed by atoms with E-state index >= 15 is 0 Å². The summed E-state index contributed by atoms with van der Waals surface area (Å²) in [4.78, 5) is 4.80. The minimum Gasteiger partial charge on any atom is -0.393 e. The zero-order valence-corrected chi connectivity index (χ0v) is 6.18. The largest absolute Gasteiger partial charge is 0.393 e. The molecule has 0 fully saturated rings. The van der Waals surface area contributed by atoms with E-state index in [0.29, 0.717) is 13.2 Å². The minimum absolute atomic E-state index is 0.529. The van der Waals surface area contributed by atoms with E-state index in [2.05, 4.69) is 5.16 Å². The maximum atomic E-state index is 4.80. The number of oxime groups is 1. The highest BCUT2D eigenvalue weighted by atomic mass is 16.6. The molecule has 0 bridgehead atoms. The highest BCUT2D eigenvalue weighted by Crippen LogP contribution is 1.79. The highest BCUT2D eigenvalue weighted by molar-refractivity contribution is 5.78. The molecule has 0 aromatic carbocycles. The topological polar surface area (TPSA) is 30.8 Å². The van der Waals surface area contributed by atoms with Crippen LogP contribution in [0, 0.1) is 0 Å². The van der Waals surface area contributed by atoms with Gasteiger partial charge in [-0.25, -0.2) is 0 Å². The van der Waals surface area contributed by atoms with E-state index in [1.165, 1.54) is 0 Å². The Morgan fingerprint density at radius 2 is 2.00 bits per heavy atom. The molecular weight excluding hydrogens is 118 g/mol. The zero-order chi connectivity index (χ0) is 7.11. The first kappa shape index (κ1) is 8.43. The average Bonchev–Trinajstić information content (AvgIpc) is 1.80. The Morgan fingerprint density at radius 1 is 1.33 bits per heavy atom. The number of ether oxygens (including phenoxy) is 1. The molecule has 0 amide bonds. The molecule has 3 nitrogen and oxygen atoms in total. The van der Waals surface area contributed by atoms with Crippen LogP contribution in [0.1, 0.15) is 13.8 Å². The summed E-state index contributed by atoms with van der Waals surface area (Å²) in [5.74, 6) is 0. The predicted octanol–water partition coefficient (Wildman–Crippen LogP) is 1.05. The predicted molar refractivity (Wildman–Crippen MR) is 36.6 cm³/mol. The summed E-state index contributed by atoms with van der Waals surface area (Å²) in [5, 5.41) is 3.70. The molecule has 0 rings (SSSR count). The Morgan fingerprint density at radius 3 is 2.44 bits per heavy atom. The molecule has 0 atom stereocenters. The molecule has 0 saturated heterocycles. The second-order valence-corrected chi connectivity index (χ2v) is 1.86. The molecule has 0 aliphatic carbocycles. The third-order valence-corrected chi connectivity index (χ3v) is 0.626. The zero-order valence-electron chi connectivity index (χ0n) is 6.18. The third-order valence-electron chi connectivity index (χ3n) is 0.626. The molecule has 0 spiro atoms. The Balaban J connectivity index is 3.00. The van der Waals surface area contributed by atoms with E-state index in [4.69, 9.17) is 9.57 Å². The molecule has 0 aromatic rings. The van der Waals surface area contributed by atoms with E-state index in [9.17, 15) is 0 Å². The fraction of sp³-hybridized carbons (Fsp3) is 0.833. The van der Waals surface area contributed by atoms with E-state index in [1.54, 1.807) is 7.11 Å². The summed E-state index contributed by atoms with van der Waals surface area (Å²) in [6.07, 6.45) is 0. The maximum absolute atomic E-state index is 4.80. The van der Waals surface area contributed by atoms with Crippen LogP contribution in [-0.2, 0) is 9.57 Å². The van der Waals surface area contributed by atoms with Gasteiger partial charge in [0.1, 0.15) is 6.61 Å². The van der Waals surface area contributed by atoms with Crippen LogP contribution in [0.25, 0.3) is 0 Å². The van der Waals surface area contributed by atoms with E-state index < -0.39 is 0 Å². The summed E-state index contributed by atoms with van der Waals surface area (Å²) < 4.78 is 4.73. The molecule has 0 saturated carbocycles. The normalized spacial score (nSPS) is 8.78. The maximum Gasteiger partial charge on any atom is 0.140 e. The Bertz CT molecular complexity index is 87.1. The molecule has 0 radical (unpaired) electrons. The molecule has 0 N–H and O–H groups in total. The Hall–Kier alpha value is -0.570. The number of methoxy groups -OCH3 is 1. The fourth-order valence-corrected chi connectivity index (χ4v) is 0.295. The van der Waals surface area contributed by atoms with Crippen molar-refractivity contribution in [3.63, 3.8) is 0 Å². The smallest absolute Gasteiger partial charge is 0.140 e. The fourth-order valence-electron chi connectivity index (χ4n) is 0.295. The highest BCUT2D eigenvalue weighted by Gasteiger charge is 1.81. The Labute approximate surface area is 55.6 Å². The lowest BCUT2D eigenvalue weighted by atomic mass is 10.5. The SMILES string of the molecule is COCCON=C(C)C. The van der Waals surface area contributed by atoms with Crippen molar-refractivity contribution in [1.29, 1.82) is 0 Å². The van der Waals surface area contributed by atoms with Crippen molar-refractivity contribution in [3.8, 4) is 0 Å². The first-order chi connectivity index (χ1) is 4.27. The number of hydrogen-bond acceptors (Lipinski definition) is 3. The summed E-state index contributed by atoms with van der Waals surface area (Å²) in [6, 6.07) is 0. The Kier molecular flexibility index (Phi) is 5.21. The van der Waals surface area contributed by atoms with Gasteiger partial charge < -0.3 is 9.57 Å². The van der Waals surface area contributed by atoms with Crippen LogP contribution in [0.5, 0.6) is 0 Å². The van der Waals surface area contributed by atoms with Crippen LogP contribution in [0.15, 0.2) is 5.16 Å². The van der Waals surface area contributed by atoms with Gasteiger partial charge in [0.05, 0.1) is 12.3 Å². The summed E-state index contributed by atoms with van der Waals surface area (Å²) >= 11 is 0. The van der Waals surface area contributed by atoms with E-state index in [0.717, 1.165) is 5.71 Å². The third kappa shape index (κ3) is 7.43. The minimum atomic E-state index is 0.529. The molecule has 0 unspecified atom stereocenters. The van der Waals surface area contributed by atoms with Crippen LogP contribution in [0.2, 0.25) is 0 Å². The average molecular weight is 131 g/mol. The number of hydrogen-bond donors (Lipinski definition) is 0. The van der Waals surface area contributed by atoms with Gasteiger partial charge in [0.25, 0.3) is 0 Å². The van der Waals surface area contributed by atoms with Crippen molar-refractivity contribution in [1.82, 2.24) is 0 Å². The number of nitrogens with zero attached hydrogens (tertiary/aromatic N) is 1. The van der Waals surface area contributed by atoms with E-state index in [-0.39, 0.29) is 0 Å². The lowest BCUT2D eigenvalue weighted by Gasteiger charge is -1.96.